The van der Waals surface area contributed by atoms with Crippen molar-refractivity contribution in [1.82, 2.24) is 9.80 Å². The van der Waals surface area contributed by atoms with Gasteiger partial charge in [-0.05, 0) is 81.6 Å². The molecule has 3 heterocycles. The van der Waals surface area contributed by atoms with Crippen LogP contribution in [-0.2, 0) is 10.2 Å². The number of amides is 2. The summed E-state index contributed by atoms with van der Waals surface area (Å²) >= 11 is 0. The summed E-state index contributed by atoms with van der Waals surface area (Å²) in [6, 6.07) is 14.6. The van der Waals surface area contributed by atoms with E-state index < -0.39 is 0 Å². The highest BCUT2D eigenvalue weighted by Gasteiger charge is 2.47. The minimum Gasteiger partial charge on any atom is -0.450 e. The summed E-state index contributed by atoms with van der Waals surface area (Å²) in [7, 11) is 0. The van der Waals surface area contributed by atoms with Crippen molar-refractivity contribution >= 4 is 17.7 Å². The van der Waals surface area contributed by atoms with Crippen LogP contribution in [-0.4, -0.2) is 67.2 Å². The molecule has 0 bridgehead atoms. The van der Waals surface area contributed by atoms with Gasteiger partial charge in [0.15, 0.2) is 0 Å². The minimum absolute atomic E-state index is 0.0286. The molecule has 2 aromatic carbocycles. The number of ether oxygens (including phenoxy) is 1. The molecule has 2 fully saturated rings. The molecule has 3 aliphatic rings. The summed E-state index contributed by atoms with van der Waals surface area (Å²) in [6.45, 7) is 6.08. The Kier molecular flexibility index (Phi) is 6.30. The molecule has 0 N–H and O–H groups in total. The molecule has 180 valence electrons. The molecule has 2 aromatic rings. The van der Waals surface area contributed by atoms with Crippen molar-refractivity contribution in [3.8, 4) is 0 Å². The van der Waals surface area contributed by atoms with E-state index in [2.05, 4.69) is 4.90 Å². The van der Waals surface area contributed by atoms with E-state index in [0.717, 1.165) is 63.1 Å². The molecule has 0 aromatic heterocycles. The van der Waals surface area contributed by atoms with Crippen LogP contribution in [0.4, 0.5) is 14.9 Å². The first-order chi connectivity index (χ1) is 16.5. The highest BCUT2D eigenvalue weighted by molar-refractivity contribution is 6.07. The monoisotopic (exact) mass is 465 g/mol. The number of anilines is 1. The number of benzene rings is 2. The Hall–Kier alpha value is -2.93. The normalized spacial score (nSPS) is 20.4. The van der Waals surface area contributed by atoms with Crippen LogP contribution >= 0.6 is 0 Å². The first-order valence-corrected chi connectivity index (χ1v) is 12.3. The summed E-state index contributed by atoms with van der Waals surface area (Å²) in [6.07, 6.45) is 3.44. The van der Waals surface area contributed by atoms with Gasteiger partial charge in [-0.3, -0.25) is 4.79 Å². The van der Waals surface area contributed by atoms with E-state index in [1.165, 1.54) is 6.07 Å². The topological polar surface area (TPSA) is 53.1 Å². The molecular weight excluding hydrogens is 433 g/mol. The highest BCUT2D eigenvalue weighted by atomic mass is 19.1. The molecule has 7 heteroatoms. The molecule has 1 spiro atoms. The van der Waals surface area contributed by atoms with E-state index in [1.54, 1.807) is 17.0 Å². The second-order valence-electron chi connectivity index (χ2n) is 9.65. The number of rotatable bonds is 3. The lowest BCUT2D eigenvalue weighted by Crippen LogP contribution is -2.52. The molecule has 34 heavy (non-hydrogen) atoms. The van der Waals surface area contributed by atoms with Crippen molar-refractivity contribution in [3.63, 3.8) is 0 Å². The van der Waals surface area contributed by atoms with Gasteiger partial charge in [-0.15, -0.1) is 0 Å². The lowest BCUT2D eigenvalue weighted by atomic mass is 9.74. The van der Waals surface area contributed by atoms with Gasteiger partial charge in [-0.25, -0.2) is 9.18 Å². The maximum Gasteiger partial charge on any atom is 0.409 e. The fourth-order valence-electron chi connectivity index (χ4n) is 5.93. The number of carbonyl (C=O) groups excluding carboxylic acids is 2. The zero-order chi connectivity index (χ0) is 23.7. The maximum atomic E-state index is 14.3. The SMILES string of the molecule is CCOC(=O)N1CCC(N2CCC3(CC2)CN(C(=O)c2ccccc2)c2ccc(F)cc23)CC1. The van der Waals surface area contributed by atoms with Crippen LogP contribution in [0, 0.1) is 5.82 Å². The van der Waals surface area contributed by atoms with Crippen LogP contribution in [0.2, 0.25) is 0 Å². The van der Waals surface area contributed by atoms with Gasteiger partial charge in [0.1, 0.15) is 5.82 Å². The van der Waals surface area contributed by atoms with Crippen LogP contribution in [0.3, 0.4) is 0 Å². The standard InChI is InChI=1S/C27H32FN3O3/c1-2-34-26(33)30-14-10-22(11-15-30)29-16-12-27(13-17-29)19-31(24-9-8-21(28)18-23(24)27)25(32)20-6-4-3-5-7-20/h3-9,18,22H,2,10-17,19H2,1H3. The first kappa shape index (κ1) is 22.8. The Morgan fingerprint density at radius 2 is 1.74 bits per heavy atom. The molecule has 0 aliphatic carbocycles. The van der Waals surface area contributed by atoms with E-state index >= 15 is 0 Å². The number of fused-ring (bicyclic) bond motifs is 2. The third-order valence-electron chi connectivity index (χ3n) is 7.81. The molecule has 5 rings (SSSR count). The fourth-order valence-corrected chi connectivity index (χ4v) is 5.93. The third-order valence-corrected chi connectivity index (χ3v) is 7.81. The Morgan fingerprint density at radius 3 is 2.41 bits per heavy atom. The van der Waals surface area contributed by atoms with Crippen LogP contribution in [0.1, 0.15) is 48.5 Å². The number of nitrogens with zero attached hydrogens (tertiary/aromatic N) is 3. The number of likely N-dealkylation sites (tertiary alicyclic amines) is 2. The molecule has 2 saturated heterocycles. The molecule has 0 atom stereocenters. The molecule has 3 aliphatic heterocycles. The van der Waals surface area contributed by atoms with Gasteiger partial charge >= 0.3 is 6.09 Å². The van der Waals surface area contributed by atoms with Gasteiger partial charge in [-0.1, -0.05) is 18.2 Å². The lowest BCUT2D eigenvalue weighted by Gasteiger charge is -2.45. The summed E-state index contributed by atoms with van der Waals surface area (Å²) in [5, 5.41) is 0. The van der Waals surface area contributed by atoms with Gasteiger partial charge in [-0.2, -0.15) is 0 Å². The largest absolute Gasteiger partial charge is 0.450 e. The zero-order valence-electron chi connectivity index (χ0n) is 19.7. The summed E-state index contributed by atoms with van der Waals surface area (Å²) in [5.41, 5.74) is 2.24. The predicted molar refractivity (Wildman–Crippen MR) is 129 cm³/mol. The average Bonchev–Trinajstić information content (AvgIpc) is 3.18. The van der Waals surface area contributed by atoms with Gasteiger partial charge in [0, 0.05) is 42.3 Å². The maximum absolute atomic E-state index is 14.3. The van der Waals surface area contributed by atoms with Gasteiger partial charge in [0.05, 0.1) is 6.61 Å². The van der Waals surface area contributed by atoms with Crippen LogP contribution < -0.4 is 4.90 Å². The third kappa shape index (κ3) is 4.17. The van der Waals surface area contributed by atoms with Crippen molar-refractivity contribution in [1.29, 1.82) is 0 Å². The molecule has 0 saturated carbocycles. The Labute approximate surface area is 200 Å². The summed E-state index contributed by atoms with van der Waals surface area (Å²) in [4.78, 5) is 31.5. The van der Waals surface area contributed by atoms with Gasteiger partial charge in [0.2, 0.25) is 0 Å². The van der Waals surface area contributed by atoms with E-state index in [1.807, 2.05) is 42.2 Å². The second kappa shape index (κ2) is 9.37. The predicted octanol–water partition coefficient (Wildman–Crippen LogP) is 4.44. The average molecular weight is 466 g/mol. The van der Waals surface area contributed by atoms with Crippen LogP contribution in [0.5, 0.6) is 0 Å². The number of hydrogen-bond acceptors (Lipinski definition) is 4. The van der Waals surface area contributed by atoms with Crippen LogP contribution in [0.15, 0.2) is 48.5 Å². The van der Waals surface area contributed by atoms with E-state index in [0.29, 0.717) is 24.8 Å². The first-order valence-electron chi connectivity index (χ1n) is 12.3. The molecule has 2 amide bonds. The van der Waals surface area contributed by atoms with E-state index in [4.69, 9.17) is 4.74 Å². The molecular formula is C27H32FN3O3. The number of piperidine rings is 2. The van der Waals surface area contributed by atoms with Crippen molar-refractivity contribution < 1.29 is 18.7 Å². The van der Waals surface area contributed by atoms with Crippen molar-refractivity contribution in [3.05, 3.63) is 65.5 Å². The van der Waals surface area contributed by atoms with E-state index in [9.17, 15) is 14.0 Å². The minimum atomic E-state index is -0.249. The molecule has 0 unspecified atom stereocenters. The van der Waals surface area contributed by atoms with Gasteiger partial charge in [0.25, 0.3) is 5.91 Å². The van der Waals surface area contributed by atoms with Gasteiger partial charge < -0.3 is 19.4 Å². The van der Waals surface area contributed by atoms with Crippen molar-refractivity contribution in [2.24, 2.45) is 0 Å². The lowest BCUT2D eigenvalue weighted by molar-refractivity contribution is 0.0576. The van der Waals surface area contributed by atoms with Crippen molar-refractivity contribution in [2.45, 2.75) is 44.1 Å². The smallest absolute Gasteiger partial charge is 0.409 e. The van der Waals surface area contributed by atoms with E-state index in [-0.39, 0.29) is 23.2 Å². The second-order valence-corrected chi connectivity index (χ2v) is 9.65. The molecule has 0 radical (unpaired) electrons. The Morgan fingerprint density at radius 1 is 1.03 bits per heavy atom. The number of halogens is 1. The van der Waals surface area contributed by atoms with Crippen molar-refractivity contribution in [2.75, 3.05) is 44.2 Å². The Bertz CT molecular complexity index is 1040. The quantitative estimate of drug-likeness (QED) is 0.673. The Balaban J connectivity index is 1.29. The zero-order valence-corrected chi connectivity index (χ0v) is 19.7. The number of hydrogen-bond donors (Lipinski definition) is 0. The molecule has 6 nitrogen and oxygen atoms in total. The fraction of sp³-hybridized carbons (Fsp3) is 0.481. The highest BCUT2D eigenvalue weighted by Crippen LogP contribution is 2.48. The summed E-state index contributed by atoms with van der Waals surface area (Å²) in [5.74, 6) is -0.278. The summed E-state index contributed by atoms with van der Waals surface area (Å²) < 4.78 is 19.5. The number of carbonyl (C=O) groups is 2. The van der Waals surface area contributed by atoms with Crippen LogP contribution in [0.25, 0.3) is 0 Å².